The van der Waals surface area contributed by atoms with Gasteiger partial charge >= 0.3 is 0 Å². The van der Waals surface area contributed by atoms with E-state index in [4.69, 9.17) is 5.73 Å². The predicted molar refractivity (Wildman–Crippen MR) is 44.3 cm³/mol. The highest BCUT2D eigenvalue weighted by Gasteiger charge is 2.02. The first-order chi connectivity index (χ1) is 5.66. The van der Waals surface area contributed by atoms with Crippen molar-refractivity contribution >= 4 is 0 Å². The van der Waals surface area contributed by atoms with Gasteiger partial charge in [0.05, 0.1) is 0 Å². The van der Waals surface area contributed by atoms with E-state index < -0.39 is 13.0 Å². The van der Waals surface area contributed by atoms with Crippen LogP contribution in [0, 0.1) is 0 Å². The largest absolute Gasteiger partial charge is 0.376 e. The lowest BCUT2D eigenvalue weighted by molar-refractivity contribution is 0.0159. The summed E-state index contributed by atoms with van der Waals surface area (Å²) in [7, 11) is 0. The third-order valence-corrected chi connectivity index (χ3v) is 1.63. The van der Waals surface area contributed by atoms with Crippen molar-refractivity contribution in [3.63, 3.8) is 0 Å². The number of hydrogen-bond acceptors (Lipinski definition) is 2. The minimum Gasteiger partial charge on any atom is -0.376 e. The molecule has 0 saturated heterocycles. The molecule has 0 aromatic heterocycles. The maximum absolute atomic E-state index is 11.5. The third kappa shape index (κ3) is 7.88. The van der Waals surface area contributed by atoms with E-state index in [1.807, 2.05) is 6.92 Å². The van der Waals surface area contributed by atoms with Gasteiger partial charge in [0.25, 0.3) is 6.43 Å². The molecule has 0 radical (unpaired) electrons. The number of alkyl halides is 2. The summed E-state index contributed by atoms with van der Waals surface area (Å²) in [4.78, 5) is 0. The van der Waals surface area contributed by atoms with E-state index >= 15 is 0 Å². The summed E-state index contributed by atoms with van der Waals surface area (Å²) < 4.78 is 27.8. The fraction of sp³-hybridized carbons (Fsp3) is 1.00. The van der Waals surface area contributed by atoms with Crippen molar-refractivity contribution in [3.05, 3.63) is 0 Å². The van der Waals surface area contributed by atoms with Crippen molar-refractivity contribution in [2.75, 3.05) is 13.2 Å². The molecule has 0 bridgehead atoms. The zero-order valence-electron chi connectivity index (χ0n) is 7.43. The Balaban J connectivity index is 3.00. The number of ether oxygens (including phenoxy) is 1. The van der Waals surface area contributed by atoms with Crippen LogP contribution in [0.25, 0.3) is 0 Å². The van der Waals surface area contributed by atoms with Gasteiger partial charge in [0.15, 0.2) is 0 Å². The molecule has 74 valence electrons. The lowest BCUT2D eigenvalue weighted by Crippen LogP contribution is -2.19. The summed E-state index contributed by atoms with van der Waals surface area (Å²) in [6.45, 7) is 1.93. The van der Waals surface area contributed by atoms with Gasteiger partial charge in [-0.2, -0.15) is 0 Å². The molecular weight excluding hydrogens is 164 g/mol. The molecule has 4 heteroatoms. The van der Waals surface area contributed by atoms with Crippen LogP contribution in [-0.4, -0.2) is 25.7 Å². The van der Waals surface area contributed by atoms with E-state index in [0.29, 0.717) is 6.61 Å². The van der Waals surface area contributed by atoms with Crippen LogP contribution < -0.4 is 5.73 Å². The fourth-order valence-corrected chi connectivity index (χ4v) is 0.824. The van der Waals surface area contributed by atoms with Crippen LogP contribution in [0.1, 0.15) is 26.2 Å². The third-order valence-electron chi connectivity index (χ3n) is 1.63. The van der Waals surface area contributed by atoms with E-state index in [-0.39, 0.29) is 6.04 Å². The zero-order chi connectivity index (χ0) is 9.40. The van der Waals surface area contributed by atoms with Crippen LogP contribution in [0.15, 0.2) is 0 Å². The van der Waals surface area contributed by atoms with Gasteiger partial charge in [-0.15, -0.1) is 0 Å². The Kier molecular flexibility index (Phi) is 7.29. The molecule has 0 rings (SSSR count). The van der Waals surface area contributed by atoms with Crippen LogP contribution in [0.4, 0.5) is 8.78 Å². The summed E-state index contributed by atoms with van der Waals surface area (Å²) in [5, 5.41) is 0. The monoisotopic (exact) mass is 181 g/mol. The van der Waals surface area contributed by atoms with Gasteiger partial charge in [0.2, 0.25) is 0 Å². The van der Waals surface area contributed by atoms with E-state index in [2.05, 4.69) is 4.74 Å². The summed E-state index contributed by atoms with van der Waals surface area (Å²) in [6.07, 6.45) is 0.181. The first-order valence-electron chi connectivity index (χ1n) is 4.28. The molecule has 0 aliphatic carbocycles. The summed E-state index contributed by atoms with van der Waals surface area (Å²) in [5.74, 6) is 0. The highest BCUT2D eigenvalue weighted by Crippen LogP contribution is 1.99. The topological polar surface area (TPSA) is 35.2 Å². The van der Waals surface area contributed by atoms with Crippen LogP contribution >= 0.6 is 0 Å². The van der Waals surface area contributed by atoms with Crippen molar-refractivity contribution in [2.24, 2.45) is 5.73 Å². The Bertz CT molecular complexity index is 101. The molecule has 1 atom stereocenters. The molecule has 0 fully saturated rings. The van der Waals surface area contributed by atoms with E-state index in [1.54, 1.807) is 0 Å². The highest BCUT2D eigenvalue weighted by molar-refractivity contribution is 4.57. The molecule has 2 N–H and O–H groups in total. The molecule has 0 aromatic rings. The van der Waals surface area contributed by atoms with Crippen molar-refractivity contribution < 1.29 is 13.5 Å². The second kappa shape index (κ2) is 7.43. The van der Waals surface area contributed by atoms with Gasteiger partial charge in [-0.1, -0.05) is 6.92 Å². The number of halogens is 2. The van der Waals surface area contributed by atoms with Crippen molar-refractivity contribution in [3.8, 4) is 0 Å². The highest BCUT2D eigenvalue weighted by atomic mass is 19.3. The lowest BCUT2D eigenvalue weighted by Gasteiger charge is -2.07. The minimum absolute atomic E-state index is 0.181. The predicted octanol–water partition coefficient (Wildman–Crippen LogP) is 1.79. The summed E-state index contributed by atoms with van der Waals surface area (Å²) >= 11 is 0. The average molecular weight is 181 g/mol. The molecule has 1 unspecified atom stereocenters. The molecule has 2 nitrogen and oxygen atoms in total. The molecule has 0 spiro atoms. The molecule has 0 saturated carbocycles. The second-order valence-corrected chi connectivity index (χ2v) is 2.78. The van der Waals surface area contributed by atoms with Crippen LogP contribution in [-0.2, 0) is 4.74 Å². The van der Waals surface area contributed by atoms with Gasteiger partial charge in [-0.25, -0.2) is 8.78 Å². The van der Waals surface area contributed by atoms with Gasteiger partial charge in [-0.05, 0) is 19.3 Å². The lowest BCUT2D eigenvalue weighted by atomic mass is 10.1. The van der Waals surface area contributed by atoms with E-state index in [9.17, 15) is 8.78 Å². The quantitative estimate of drug-likeness (QED) is 0.608. The van der Waals surface area contributed by atoms with Crippen LogP contribution in [0.2, 0.25) is 0 Å². The van der Waals surface area contributed by atoms with Gasteiger partial charge in [-0.3, -0.25) is 0 Å². The number of hydrogen-bond donors (Lipinski definition) is 1. The van der Waals surface area contributed by atoms with Crippen LogP contribution in [0.5, 0.6) is 0 Å². The molecule has 0 aromatic carbocycles. The summed E-state index contributed by atoms with van der Waals surface area (Å²) in [6, 6.07) is 0.181. The number of rotatable bonds is 7. The van der Waals surface area contributed by atoms with Gasteiger partial charge in [0, 0.05) is 12.6 Å². The second-order valence-electron chi connectivity index (χ2n) is 2.78. The van der Waals surface area contributed by atoms with Crippen molar-refractivity contribution in [2.45, 2.75) is 38.7 Å². The Morgan fingerprint density at radius 1 is 1.42 bits per heavy atom. The van der Waals surface area contributed by atoms with Crippen LogP contribution in [0.3, 0.4) is 0 Å². The summed E-state index contributed by atoms with van der Waals surface area (Å²) in [5.41, 5.74) is 5.61. The van der Waals surface area contributed by atoms with Gasteiger partial charge < -0.3 is 10.5 Å². The van der Waals surface area contributed by atoms with E-state index in [1.165, 1.54) is 0 Å². The fourth-order valence-electron chi connectivity index (χ4n) is 0.824. The molecule has 0 heterocycles. The Morgan fingerprint density at radius 3 is 2.58 bits per heavy atom. The molecule has 0 amide bonds. The molecule has 0 aliphatic heterocycles. The Labute approximate surface area is 72.1 Å². The SMILES string of the molecule is CCC(N)CCCOCC(F)F. The standard InChI is InChI=1S/C8H17F2NO/c1-2-7(11)4-3-5-12-6-8(9)10/h7-8H,2-6,11H2,1H3. The van der Waals surface area contributed by atoms with Crippen molar-refractivity contribution in [1.82, 2.24) is 0 Å². The average Bonchev–Trinajstić information content (AvgIpc) is 2.03. The molecular formula is C8H17F2NO. The van der Waals surface area contributed by atoms with E-state index in [0.717, 1.165) is 19.3 Å². The minimum atomic E-state index is -2.36. The zero-order valence-corrected chi connectivity index (χ0v) is 7.43. The normalized spacial score (nSPS) is 13.8. The molecule has 0 aliphatic rings. The first-order valence-corrected chi connectivity index (χ1v) is 4.28. The first kappa shape index (κ1) is 11.8. The smallest absolute Gasteiger partial charge is 0.261 e. The maximum atomic E-state index is 11.5. The van der Waals surface area contributed by atoms with Crippen molar-refractivity contribution in [1.29, 1.82) is 0 Å². The Morgan fingerprint density at radius 2 is 2.08 bits per heavy atom. The Hall–Kier alpha value is -0.220. The maximum Gasteiger partial charge on any atom is 0.261 e. The van der Waals surface area contributed by atoms with Gasteiger partial charge in [0.1, 0.15) is 6.61 Å². The number of nitrogens with two attached hydrogens (primary N) is 1. The molecule has 12 heavy (non-hydrogen) atoms.